The molecule has 29 heavy (non-hydrogen) atoms. The third-order valence-electron chi connectivity index (χ3n) is 5.39. The van der Waals surface area contributed by atoms with Gasteiger partial charge in [0.25, 0.3) is 0 Å². The maximum Gasteiger partial charge on any atom is 0.233 e. The van der Waals surface area contributed by atoms with Crippen LogP contribution in [-0.4, -0.2) is 54.9 Å². The van der Waals surface area contributed by atoms with Crippen molar-refractivity contribution in [3.05, 3.63) is 24.3 Å². The number of hydrogen-bond donors (Lipinski definition) is 0. The van der Waals surface area contributed by atoms with E-state index in [1.54, 1.807) is 4.57 Å². The summed E-state index contributed by atoms with van der Waals surface area (Å²) in [7, 11) is 0. The number of benzene rings is 1. The molecule has 0 saturated carbocycles. The molecule has 0 unspecified atom stereocenters. The summed E-state index contributed by atoms with van der Waals surface area (Å²) in [5.74, 6) is -0.878. The minimum atomic E-state index is -1.20. The highest BCUT2D eigenvalue weighted by Gasteiger charge is 2.25. The number of likely N-dealkylation sites (tertiary alicyclic amines) is 1. The lowest BCUT2D eigenvalue weighted by Gasteiger charge is -2.35. The number of piperidine rings is 1. The molecule has 0 N–H and O–H groups in total. The maximum atomic E-state index is 12.7. The molecule has 0 spiro atoms. The number of para-hydroxylation sites is 1. The normalized spacial score (nSPS) is 17.1. The molecule has 1 aromatic carbocycles. The number of rotatable bonds is 6. The second-order valence-electron chi connectivity index (χ2n) is 7.18. The number of nitrogens with zero attached hydrogens (tertiary/aromatic N) is 5. The summed E-state index contributed by atoms with van der Waals surface area (Å²) in [6.07, 6.45) is 4.23. The molecule has 0 bridgehead atoms. The van der Waals surface area contributed by atoms with Crippen LogP contribution >= 0.6 is 11.8 Å². The Labute approximate surface area is 172 Å². The van der Waals surface area contributed by atoms with E-state index in [2.05, 4.69) is 22.1 Å². The van der Waals surface area contributed by atoms with Gasteiger partial charge in [0.05, 0.1) is 23.8 Å². The van der Waals surface area contributed by atoms with Gasteiger partial charge in [-0.3, -0.25) is 4.79 Å². The second-order valence-corrected chi connectivity index (χ2v) is 8.12. The molecule has 1 saturated heterocycles. The molecule has 4 rings (SSSR count). The number of hydrogen-bond acceptors (Lipinski definition) is 7. The summed E-state index contributed by atoms with van der Waals surface area (Å²) in [6, 6.07) is 7.68. The van der Waals surface area contributed by atoms with Crippen molar-refractivity contribution >= 4 is 45.7 Å². The quantitative estimate of drug-likeness (QED) is 0.567. The highest BCUT2D eigenvalue weighted by Crippen LogP contribution is 2.27. The number of carbonyl (C=O) groups is 2. The van der Waals surface area contributed by atoms with Gasteiger partial charge >= 0.3 is 0 Å². The number of carbonyl (C=O) groups excluding carboxylic acids is 2. The average molecular weight is 412 g/mol. The molecule has 3 aromatic rings. The van der Waals surface area contributed by atoms with Crippen molar-refractivity contribution in [2.45, 2.75) is 50.4 Å². The molecular formula is C20H22N5O3S-. The summed E-state index contributed by atoms with van der Waals surface area (Å²) in [4.78, 5) is 30.4. The summed E-state index contributed by atoms with van der Waals surface area (Å²) in [6.45, 7) is 2.59. The number of aromatic nitrogens is 4. The predicted octanol–water partition coefficient (Wildman–Crippen LogP) is 1.61. The van der Waals surface area contributed by atoms with Crippen LogP contribution in [0.15, 0.2) is 29.4 Å². The molecule has 1 aliphatic heterocycles. The molecule has 1 atom stereocenters. The van der Waals surface area contributed by atoms with E-state index in [-0.39, 0.29) is 18.2 Å². The van der Waals surface area contributed by atoms with Gasteiger partial charge in [0.15, 0.2) is 5.65 Å². The molecule has 8 nitrogen and oxygen atoms in total. The third-order valence-corrected chi connectivity index (χ3v) is 6.21. The van der Waals surface area contributed by atoms with Crippen LogP contribution in [0.2, 0.25) is 0 Å². The molecule has 3 heterocycles. The summed E-state index contributed by atoms with van der Waals surface area (Å²) < 4.78 is 1.57. The molecule has 0 aliphatic carbocycles. The Hall–Kier alpha value is -2.68. The number of carboxylic acid groups (broad SMARTS) is 1. The van der Waals surface area contributed by atoms with Crippen molar-refractivity contribution in [2.75, 3.05) is 12.3 Å². The fraction of sp³-hybridized carbons (Fsp3) is 0.450. The van der Waals surface area contributed by atoms with Crippen molar-refractivity contribution in [2.24, 2.45) is 0 Å². The lowest BCUT2D eigenvalue weighted by atomic mass is 10.0. The summed E-state index contributed by atoms with van der Waals surface area (Å²) in [5, 5.41) is 20.8. The number of amides is 1. The molecule has 152 valence electrons. The van der Waals surface area contributed by atoms with E-state index in [1.165, 1.54) is 18.2 Å². The Kier molecular flexibility index (Phi) is 5.66. The third kappa shape index (κ3) is 3.91. The van der Waals surface area contributed by atoms with Gasteiger partial charge in [0.2, 0.25) is 11.1 Å². The standard InChI is InChI=1S/C20H23N5O3S/c1-2-13-7-5-6-10-24(13)16(26)12-29-20-21-19-18(22-23-20)14-8-3-4-9-15(14)25(19)11-17(27)28/h3-4,8-9,13H,2,5-7,10-12H2,1H3,(H,27,28)/p-1/t13-/m1/s1. The Balaban J connectivity index is 1.59. The van der Waals surface area contributed by atoms with Gasteiger partial charge in [-0.05, 0) is 31.7 Å². The lowest BCUT2D eigenvalue weighted by Crippen LogP contribution is -2.44. The van der Waals surface area contributed by atoms with Crippen LogP contribution in [0.5, 0.6) is 0 Å². The number of aliphatic carboxylic acids is 1. The van der Waals surface area contributed by atoms with Crippen molar-refractivity contribution in [3.8, 4) is 0 Å². The summed E-state index contributed by atoms with van der Waals surface area (Å²) in [5.41, 5.74) is 1.69. The molecule has 0 radical (unpaired) electrons. The van der Waals surface area contributed by atoms with Crippen LogP contribution in [0, 0.1) is 0 Å². The van der Waals surface area contributed by atoms with E-state index in [9.17, 15) is 14.7 Å². The molecule has 1 fully saturated rings. The van der Waals surface area contributed by atoms with E-state index < -0.39 is 5.97 Å². The Bertz CT molecular complexity index is 1070. The van der Waals surface area contributed by atoms with Crippen LogP contribution in [0.4, 0.5) is 0 Å². The fourth-order valence-electron chi connectivity index (χ4n) is 4.00. The minimum absolute atomic E-state index is 0.0838. The van der Waals surface area contributed by atoms with Crippen LogP contribution in [0.3, 0.4) is 0 Å². The van der Waals surface area contributed by atoms with Gasteiger partial charge < -0.3 is 19.4 Å². The van der Waals surface area contributed by atoms with Gasteiger partial charge in [-0.15, -0.1) is 10.2 Å². The van der Waals surface area contributed by atoms with Crippen LogP contribution in [0.1, 0.15) is 32.6 Å². The highest BCUT2D eigenvalue weighted by atomic mass is 32.2. The van der Waals surface area contributed by atoms with E-state index in [4.69, 9.17) is 0 Å². The average Bonchev–Trinajstić information content (AvgIpc) is 3.04. The van der Waals surface area contributed by atoms with Crippen molar-refractivity contribution in [1.82, 2.24) is 24.6 Å². The van der Waals surface area contributed by atoms with Gasteiger partial charge in [-0.2, -0.15) is 0 Å². The van der Waals surface area contributed by atoms with Gasteiger partial charge in [-0.1, -0.05) is 36.9 Å². The molecule has 2 aromatic heterocycles. The van der Waals surface area contributed by atoms with Gasteiger partial charge in [-0.25, -0.2) is 4.98 Å². The maximum absolute atomic E-state index is 12.7. The van der Waals surface area contributed by atoms with Crippen molar-refractivity contribution in [3.63, 3.8) is 0 Å². The second kappa shape index (κ2) is 8.36. The smallest absolute Gasteiger partial charge is 0.233 e. The van der Waals surface area contributed by atoms with Gasteiger partial charge in [0.1, 0.15) is 5.52 Å². The number of thioether (sulfide) groups is 1. The molecule has 1 aliphatic rings. The lowest BCUT2D eigenvalue weighted by molar-refractivity contribution is -0.306. The van der Waals surface area contributed by atoms with Gasteiger partial charge in [0, 0.05) is 18.0 Å². The minimum Gasteiger partial charge on any atom is -0.548 e. The zero-order valence-electron chi connectivity index (χ0n) is 16.2. The SMILES string of the molecule is CC[C@@H]1CCCCN1C(=O)CSc1nnc2c3ccccc3n(CC(=O)[O-])c2n1. The van der Waals surface area contributed by atoms with Crippen LogP contribution in [-0.2, 0) is 16.1 Å². The van der Waals surface area contributed by atoms with Crippen molar-refractivity contribution in [1.29, 1.82) is 0 Å². The highest BCUT2D eigenvalue weighted by molar-refractivity contribution is 7.99. The first-order valence-electron chi connectivity index (χ1n) is 9.82. The Morgan fingerprint density at radius 2 is 2.07 bits per heavy atom. The zero-order chi connectivity index (χ0) is 20.4. The van der Waals surface area contributed by atoms with E-state index in [1.807, 2.05) is 29.2 Å². The topological polar surface area (TPSA) is 104 Å². The zero-order valence-corrected chi connectivity index (χ0v) is 17.0. The van der Waals surface area contributed by atoms with E-state index in [0.717, 1.165) is 31.2 Å². The first-order valence-corrected chi connectivity index (χ1v) is 10.8. The van der Waals surface area contributed by atoms with Crippen LogP contribution < -0.4 is 5.11 Å². The number of fused-ring (bicyclic) bond motifs is 3. The van der Waals surface area contributed by atoms with E-state index in [0.29, 0.717) is 27.9 Å². The van der Waals surface area contributed by atoms with Crippen LogP contribution in [0.25, 0.3) is 22.1 Å². The fourth-order valence-corrected chi connectivity index (χ4v) is 4.67. The van der Waals surface area contributed by atoms with E-state index >= 15 is 0 Å². The first-order chi connectivity index (χ1) is 14.1. The molecule has 1 amide bonds. The first kappa shape index (κ1) is 19.6. The largest absolute Gasteiger partial charge is 0.548 e. The number of carboxylic acids is 1. The van der Waals surface area contributed by atoms with Crippen molar-refractivity contribution < 1.29 is 14.7 Å². The predicted molar refractivity (Wildman–Crippen MR) is 108 cm³/mol. The Morgan fingerprint density at radius 1 is 1.24 bits per heavy atom. The molecule has 9 heteroatoms. The molecular weight excluding hydrogens is 390 g/mol. The monoisotopic (exact) mass is 412 g/mol. The Morgan fingerprint density at radius 3 is 2.86 bits per heavy atom. The summed E-state index contributed by atoms with van der Waals surface area (Å²) >= 11 is 1.23.